The fourth-order valence-electron chi connectivity index (χ4n) is 9.15. The van der Waals surface area contributed by atoms with Crippen LogP contribution in [0.1, 0.15) is 64.9 Å². The first-order valence-electron chi connectivity index (χ1n) is 29.4. The predicted molar refractivity (Wildman–Crippen MR) is 340 cm³/mol. The van der Waals surface area contributed by atoms with Crippen molar-refractivity contribution in [1.82, 2.24) is 25.3 Å². The van der Waals surface area contributed by atoms with Crippen LogP contribution in [0.5, 0.6) is 23.0 Å². The van der Waals surface area contributed by atoms with E-state index in [0.29, 0.717) is 120 Å². The van der Waals surface area contributed by atoms with E-state index in [2.05, 4.69) is 25.3 Å². The number of halogens is 3. The van der Waals surface area contributed by atoms with Crippen molar-refractivity contribution in [1.29, 1.82) is 0 Å². The number of phenols is 2. The minimum atomic E-state index is -4.02. The van der Waals surface area contributed by atoms with Crippen LogP contribution in [0.2, 0.25) is 5.35 Å². The number of rotatable bonds is 13. The van der Waals surface area contributed by atoms with Gasteiger partial charge < -0.3 is 83.2 Å². The lowest BCUT2D eigenvalue weighted by Crippen LogP contribution is -2.35. The maximum atomic E-state index is 13.2. The molecule has 0 spiro atoms. The van der Waals surface area contributed by atoms with Gasteiger partial charge >= 0.3 is 6.09 Å². The Kier molecular flexibility index (Phi) is 24.0. The summed E-state index contributed by atoms with van der Waals surface area (Å²) in [6, 6.07) is 27.6. The van der Waals surface area contributed by atoms with Gasteiger partial charge in [0.15, 0.2) is 22.3 Å². The minimum Gasteiger partial charge on any atom is -0.508 e. The number of aromatic nitrogens is 4. The van der Waals surface area contributed by atoms with Crippen molar-refractivity contribution in [2.45, 2.75) is 95.0 Å². The van der Waals surface area contributed by atoms with Crippen LogP contribution < -0.4 is 35.2 Å². The molecule has 3 aliphatic rings. The second kappa shape index (κ2) is 32.0. The second-order valence-electron chi connectivity index (χ2n) is 22.6. The first-order valence-corrected chi connectivity index (χ1v) is 31.2. The Morgan fingerprint density at radius 2 is 1.00 bits per heavy atom. The van der Waals surface area contributed by atoms with Gasteiger partial charge in [0.25, 0.3) is 33.5 Å². The molecule has 7 heterocycles. The van der Waals surface area contributed by atoms with Gasteiger partial charge in [0.05, 0.1) is 35.9 Å². The summed E-state index contributed by atoms with van der Waals surface area (Å²) in [7, 11) is -4.02. The quantitative estimate of drug-likeness (QED) is 0.0497. The normalized spacial score (nSPS) is 15.4. The zero-order chi connectivity index (χ0) is 66.1. The average molecular weight is 1320 g/mol. The molecule has 3 fully saturated rings. The number of aliphatic hydroxyl groups excluding tert-OH is 3. The Morgan fingerprint density at radius 1 is 0.620 bits per heavy atom. The van der Waals surface area contributed by atoms with Crippen LogP contribution in [0, 0.1) is 6.92 Å². The highest BCUT2D eigenvalue weighted by atomic mass is 35.5. The van der Waals surface area contributed by atoms with Crippen LogP contribution in [-0.2, 0) is 14.9 Å². The first-order chi connectivity index (χ1) is 43.9. The zero-order valence-corrected chi connectivity index (χ0v) is 52.5. The van der Waals surface area contributed by atoms with Crippen LogP contribution in [0.4, 0.5) is 31.6 Å². The molecule has 0 atom stereocenters. The van der Waals surface area contributed by atoms with Crippen LogP contribution in [0.3, 0.4) is 0 Å². The van der Waals surface area contributed by atoms with Crippen molar-refractivity contribution in [2.24, 2.45) is 5.73 Å². The van der Waals surface area contributed by atoms with E-state index in [4.69, 9.17) is 58.9 Å². The number of anilines is 3. The fraction of sp³-hybridized carbons (Fsp3) is 0.381. The van der Waals surface area contributed by atoms with E-state index < -0.39 is 21.8 Å². The second-order valence-corrected chi connectivity index (χ2v) is 24.4. The van der Waals surface area contributed by atoms with Gasteiger partial charge in [0.2, 0.25) is 0 Å². The number of fused-ring (bicyclic) bond motifs is 4. The number of hydrogen-bond acceptors (Lipinski definition) is 23. The largest absolute Gasteiger partial charge is 0.508 e. The summed E-state index contributed by atoms with van der Waals surface area (Å²) in [6.07, 6.45) is 3.81. The summed E-state index contributed by atoms with van der Waals surface area (Å²) in [5, 5.41) is 49.6. The third-order valence-corrected chi connectivity index (χ3v) is 15.2. The van der Waals surface area contributed by atoms with E-state index in [9.17, 15) is 42.4 Å². The molecule has 4 aromatic heterocycles. The molecule has 5 aromatic carbocycles. The summed E-state index contributed by atoms with van der Waals surface area (Å²) in [5.74, 6) is 1.39. The van der Waals surface area contributed by atoms with E-state index in [0.717, 1.165) is 55.6 Å². The van der Waals surface area contributed by atoms with Crippen LogP contribution in [0.25, 0.3) is 44.4 Å². The number of aryl methyl sites for hydroxylation is 1. The molecule has 494 valence electrons. The molecule has 0 radical (unpaired) electrons. The molecule has 3 saturated heterocycles. The molecule has 0 saturated carbocycles. The molecule has 9 aromatic rings. The third kappa shape index (κ3) is 20.6. The highest BCUT2D eigenvalue weighted by Gasteiger charge is 2.25. The van der Waals surface area contributed by atoms with Crippen molar-refractivity contribution >= 4 is 90.3 Å². The number of benzene rings is 5. The monoisotopic (exact) mass is 1320 g/mol. The lowest BCUT2D eigenvalue weighted by Gasteiger charge is -2.27. The lowest BCUT2D eigenvalue weighted by atomic mass is 10.1. The molecule has 1 amide bonds. The predicted octanol–water partition coefficient (Wildman–Crippen LogP) is 10.4. The number of piperidine rings is 3. The molecule has 3 aliphatic heterocycles. The Hall–Kier alpha value is -8.77. The van der Waals surface area contributed by atoms with Gasteiger partial charge in [-0.1, -0.05) is 17.7 Å². The van der Waals surface area contributed by atoms with Gasteiger partial charge in [-0.2, -0.15) is 28.4 Å². The van der Waals surface area contributed by atoms with Crippen molar-refractivity contribution in [3.63, 3.8) is 0 Å². The van der Waals surface area contributed by atoms with Gasteiger partial charge in [-0.25, -0.2) is 13.6 Å². The van der Waals surface area contributed by atoms with Crippen LogP contribution in [-0.4, -0.2) is 154 Å². The van der Waals surface area contributed by atoms with E-state index in [1.54, 1.807) is 93.6 Å². The topological polar surface area (TPSA) is 352 Å². The van der Waals surface area contributed by atoms with Gasteiger partial charge in [-0.15, -0.1) is 0 Å². The Balaban J connectivity index is 0.000000156. The SMILES string of the molecule is CC(C)(C)OC(=O)NC/C(=C/F)COc1ccc2nc(N3CCC(O)CC3)oc2c1.Cc1ccc(S(=O)(=O)O)cc1.NC/C(=C/F)COc1ccc2nc(N3CCC(O)CC3)oc2c1.Oc1ccc2nc(Cl)oc2c1.Oc1ccc2nc(N3CCC(O)CC3)oc2c1. The molecule has 29 heteroatoms. The number of carbonyl (C=O) groups excluding carboxylic acids is 1. The minimum absolute atomic E-state index is 0.0269. The standard InChI is InChI=1S/C21H28FN3O5.C16H20FN3O3.C12H14N2O3.C7H4ClNO2.C7H8O3S/c1-21(2,3)30-20(27)23-12-14(11-22)13-28-16-4-5-17-18(10-16)29-19(24-17)25-8-6-15(26)7-9-25;17-8-11(9-18)10-22-13-1-2-14-15(7-13)23-16(19-14)20-5-3-12(21)4-6-20;15-8-3-5-14(6-4-8)12-13-10-2-1-9(16)7-11(10)17-12;8-7-9-5-2-1-4(10)3-6(5)11-7;1-6-2-4-7(5-3-6)11(8,9)10/h4-5,10-11,15,26H,6-9,12-13H2,1-3H3,(H,23,27);1-2,7-8,12,21H,3-6,9-10,18H2;1-2,7-8,15-16H,3-6H2;1-3,10H;2-5H,1H3,(H,8,9,10)/b14-11-;11-8-;;;. The summed E-state index contributed by atoms with van der Waals surface area (Å²) in [4.78, 5) is 34.8. The molecule has 12 rings (SSSR count). The summed E-state index contributed by atoms with van der Waals surface area (Å²) < 4.78 is 93.6. The van der Waals surface area contributed by atoms with Gasteiger partial charge in [-0.3, -0.25) is 4.55 Å². The van der Waals surface area contributed by atoms with Crippen molar-refractivity contribution < 1.29 is 84.0 Å². The maximum absolute atomic E-state index is 13.2. The molecular formula is C63H74ClF2N9O16S. The number of ether oxygens (including phenoxy) is 3. The van der Waals surface area contributed by atoms with Crippen LogP contribution >= 0.6 is 11.6 Å². The third-order valence-electron chi connectivity index (χ3n) is 14.2. The molecule has 0 bridgehead atoms. The number of nitrogens with one attached hydrogen (secondary N) is 1. The molecule has 0 unspecified atom stereocenters. The summed E-state index contributed by atoms with van der Waals surface area (Å²) in [5.41, 5.74) is 11.4. The van der Waals surface area contributed by atoms with E-state index in [1.807, 2.05) is 21.6 Å². The molecule has 9 N–H and O–H groups in total. The molecule has 25 nitrogen and oxygen atoms in total. The fourth-order valence-corrected chi connectivity index (χ4v) is 9.80. The van der Waals surface area contributed by atoms with Crippen molar-refractivity contribution in [3.8, 4) is 23.0 Å². The number of aliphatic hydroxyl groups is 3. The number of nitrogens with zero attached hydrogens (tertiary/aromatic N) is 7. The number of phenolic OH excluding ortho intramolecular Hbond substituents is 2. The van der Waals surface area contributed by atoms with E-state index in [1.165, 1.54) is 24.3 Å². The van der Waals surface area contributed by atoms with Crippen molar-refractivity contribution in [2.75, 3.05) is 80.3 Å². The average Bonchev–Trinajstić information content (AvgIpc) is 2.52. The Labute approximate surface area is 533 Å². The lowest BCUT2D eigenvalue weighted by molar-refractivity contribution is 0.0531. The number of hydrogen-bond donors (Lipinski definition) is 8. The zero-order valence-electron chi connectivity index (χ0n) is 51.0. The number of aromatic hydroxyl groups is 2. The first kappa shape index (κ1) is 69.1. The highest BCUT2D eigenvalue weighted by Crippen LogP contribution is 2.31. The van der Waals surface area contributed by atoms with E-state index >= 15 is 0 Å². The smallest absolute Gasteiger partial charge is 0.407 e. The number of amides is 1. The summed E-state index contributed by atoms with van der Waals surface area (Å²) >= 11 is 5.48. The van der Waals surface area contributed by atoms with Gasteiger partial charge in [-0.05, 0) is 138 Å². The number of nitrogens with two attached hydrogens (primary N) is 1. The Bertz CT molecular complexity index is 4040. The molecule has 0 aliphatic carbocycles. The summed E-state index contributed by atoms with van der Waals surface area (Å²) in [6.45, 7) is 11.6. The number of alkyl carbamates (subject to hydrolysis) is 1. The maximum Gasteiger partial charge on any atom is 0.407 e. The molecular weight excluding hydrogens is 1240 g/mol. The highest BCUT2D eigenvalue weighted by molar-refractivity contribution is 7.85. The number of oxazole rings is 4. The number of carbonyl (C=O) groups is 1. The van der Waals surface area contributed by atoms with E-state index in [-0.39, 0.29) is 71.9 Å². The molecule has 92 heavy (non-hydrogen) atoms. The van der Waals surface area contributed by atoms with Gasteiger partial charge in [0, 0.05) is 87.8 Å². The van der Waals surface area contributed by atoms with Gasteiger partial charge in [0.1, 0.15) is 63.9 Å². The van der Waals surface area contributed by atoms with Crippen LogP contribution in [0.15, 0.2) is 143 Å². The Morgan fingerprint density at radius 3 is 1.39 bits per heavy atom. The van der Waals surface area contributed by atoms with Crippen molar-refractivity contribution in [3.05, 3.63) is 132 Å².